The Labute approximate surface area is 119 Å². The maximum atomic E-state index is 11.6. The summed E-state index contributed by atoms with van der Waals surface area (Å²) < 4.78 is 5.15. The monoisotopic (exact) mass is 281 g/mol. The summed E-state index contributed by atoms with van der Waals surface area (Å²) in [6.07, 6.45) is -1.30. The van der Waals surface area contributed by atoms with E-state index in [0.717, 1.165) is 5.56 Å². The van der Waals surface area contributed by atoms with Gasteiger partial charge in [-0.15, -0.1) is 0 Å². The van der Waals surface area contributed by atoms with Crippen molar-refractivity contribution in [2.45, 2.75) is 45.3 Å². The number of hydrogen-bond acceptors (Lipinski definition) is 4. The number of carbonyl (C=O) groups is 1. The fraction of sp³-hybridized carbons (Fsp3) is 0.533. The minimum atomic E-state index is -0.792. The molecule has 1 unspecified atom stereocenters. The Morgan fingerprint density at radius 2 is 1.85 bits per heavy atom. The highest BCUT2D eigenvalue weighted by atomic mass is 16.6. The molecule has 3 N–H and O–H groups in total. The van der Waals surface area contributed by atoms with Gasteiger partial charge in [-0.2, -0.15) is 0 Å². The molecular weight excluding hydrogens is 258 g/mol. The molecule has 20 heavy (non-hydrogen) atoms. The predicted molar refractivity (Wildman–Crippen MR) is 77.8 cm³/mol. The summed E-state index contributed by atoms with van der Waals surface area (Å²) in [5.41, 5.74) is 0.971. The molecule has 0 saturated heterocycles. The largest absolute Gasteiger partial charge is 0.444 e. The predicted octanol–water partition coefficient (Wildman–Crippen LogP) is 2.49. The smallest absolute Gasteiger partial charge is 0.412 e. The van der Waals surface area contributed by atoms with Crippen molar-refractivity contribution in [3.8, 4) is 0 Å². The van der Waals surface area contributed by atoms with Gasteiger partial charge in [-0.25, -0.2) is 4.79 Å². The van der Waals surface area contributed by atoms with Crippen LogP contribution in [0.5, 0.6) is 0 Å². The highest BCUT2D eigenvalue weighted by molar-refractivity contribution is 5.84. The zero-order valence-corrected chi connectivity index (χ0v) is 12.4. The number of hydrogen-bond donors (Lipinski definition) is 3. The SMILES string of the molecule is CC(c1ccc(NC(=O)OC(C)(C)C)cc1)[C@H](O)CO. The number of carbonyl (C=O) groups excluding carboxylic acids is 1. The van der Waals surface area contributed by atoms with Gasteiger partial charge in [0.1, 0.15) is 5.60 Å². The summed E-state index contributed by atoms with van der Waals surface area (Å²) in [5.74, 6) is -0.171. The Morgan fingerprint density at radius 1 is 1.30 bits per heavy atom. The normalized spacial score (nSPS) is 14.5. The number of amides is 1. The van der Waals surface area contributed by atoms with Crippen LogP contribution < -0.4 is 5.32 Å². The molecule has 0 aromatic heterocycles. The highest BCUT2D eigenvalue weighted by Gasteiger charge is 2.17. The zero-order valence-electron chi connectivity index (χ0n) is 12.4. The fourth-order valence-electron chi connectivity index (χ4n) is 1.67. The number of aliphatic hydroxyl groups excluding tert-OH is 2. The first kappa shape index (κ1) is 16.5. The lowest BCUT2D eigenvalue weighted by atomic mass is 9.96. The van der Waals surface area contributed by atoms with E-state index < -0.39 is 17.8 Å². The van der Waals surface area contributed by atoms with Gasteiger partial charge < -0.3 is 14.9 Å². The molecule has 1 aromatic rings. The van der Waals surface area contributed by atoms with Crippen LogP contribution in [0.3, 0.4) is 0 Å². The van der Waals surface area contributed by atoms with E-state index in [9.17, 15) is 9.90 Å². The van der Waals surface area contributed by atoms with Crippen LogP contribution in [0.1, 0.15) is 39.2 Å². The summed E-state index contributed by atoms with van der Waals surface area (Å²) >= 11 is 0. The van der Waals surface area contributed by atoms with Gasteiger partial charge in [0.15, 0.2) is 0 Å². The second-order valence-electron chi connectivity index (χ2n) is 5.79. The van der Waals surface area contributed by atoms with E-state index in [0.29, 0.717) is 5.69 Å². The molecule has 1 rings (SSSR count). The van der Waals surface area contributed by atoms with Crippen LogP contribution in [0.15, 0.2) is 24.3 Å². The Kier molecular flexibility index (Phi) is 5.53. The second-order valence-corrected chi connectivity index (χ2v) is 5.79. The third-order valence-corrected chi connectivity index (χ3v) is 2.85. The lowest BCUT2D eigenvalue weighted by Gasteiger charge is -2.20. The molecule has 0 saturated carbocycles. The molecule has 0 heterocycles. The molecule has 0 aliphatic carbocycles. The maximum absolute atomic E-state index is 11.6. The van der Waals surface area contributed by atoms with Crippen LogP contribution in [-0.2, 0) is 4.74 Å². The van der Waals surface area contributed by atoms with Gasteiger partial charge in [-0.3, -0.25) is 5.32 Å². The highest BCUT2D eigenvalue weighted by Crippen LogP contribution is 2.21. The summed E-state index contributed by atoms with van der Waals surface area (Å²) in [7, 11) is 0. The molecule has 0 aliphatic rings. The van der Waals surface area contributed by atoms with Crippen LogP contribution in [0, 0.1) is 0 Å². The maximum Gasteiger partial charge on any atom is 0.412 e. The van der Waals surface area contributed by atoms with Gasteiger partial charge in [0.2, 0.25) is 0 Å². The first-order valence-electron chi connectivity index (χ1n) is 6.62. The Morgan fingerprint density at radius 3 is 2.30 bits per heavy atom. The van der Waals surface area contributed by atoms with Crippen molar-refractivity contribution in [2.24, 2.45) is 0 Å². The van der Waals surface area contributed by atoms with Crippen molar-refractivity contribution in [3.63, 3.8) is 0 Å². The number of nitrogens with one attached hydrogen (secondary N) is 1. The lowest BCUT2D eigenvalue weighted by molar-refractivity contribution is 0.0636. The summed E-state index contributed by atoms with van der Waals surface area (Å²) in [6, 6.07) is 7.08. The first-order valence-corrected chi connectivity index (χ1v) is 6.62. The summed E-state index contributed by atoms with van der Waals surface area (Å²) in [6.45, 7) is 6.95. The van der Waals surface area contributed by atoms with Gasteiger partial charge in [0.25, 0.3) is 0 Å². The van der Waals surface area contributed by atoms with Crippen LogP contribution >= 0.6 is 0 Å². The molecule has 1 aromatic carbocycles. The van der Waals surface area contributed by atoms with Crippen molar-refractivity contribution in [2.75, 3.05) is 11.9 Å². The Balaban J connectivity index is 2.65. The lowest BCUT2D eigenvalue weighted by Crippen LogP contribution is -2.27. The molecule has 0 radical (unpaired) electrons. The van der Waals surface area contributed by atoms with Crippen LogP contribution in [0.2, 0.25) is 0 Å². The van der Waals surface area contributed by atoms with Gasteiger partial charge >= 0.3 is 6.09 Å². The van der Waals surface area contributed by atoms with Crippen molar-refractivity contribution < 1.29 is 19.7 Å². The van der Waals surface area contributed by atoms with Crippen LogP contribution in [-0.4, -0.2) is 34.6 Å². The van der Waals surface area contributed by atoms with Gasteiger partial charge in [0.05, 0.1) is 12.7 Å². The molecule has 112 valence electrons. The second kappa shape index (κ2) is 6.72. The van der Waals surface area contributed by atoms with Crippen molar-refractivity contribution >= 4 is 11.8 Å². The molecule has 0 spiro atoms. The zero-order chi connectivity index (χ0) is 15.3. The van der Waals surface area contributed by atoms with Gasteiger partial charge in [-0.05, 0) is 38.5 Å². The Bertz CT molecular complexity index is 436. The van der Waals surface area contributed by atoms with Crippen molar-refractivity contribution in [1.29, 1.82) is 0 Å². The standard InChI is InChI=1S/C15H23NO4/c1-10(13(18)9-17)11-5-7-12(8-6-11)16-14(19)20-15(2,3)4/h5-8,10,13,17-18H,9H2,1-4H3,(H,16,19)/t10?,13-/m1/s1. The molecule has 5 nitrogen and oxygen atoms in total. The average molecular weight is 281 g/mol. The third kappa shape index (κ3) is 5.19. The number of rotatable bonds is 4. The van der Waals surface area contributed by atoms with E-state index >= 15 is 0 Å². The van der Waals surface area contributed by atoms with E-state index in [1.165, 1.54) is 0 Å². The molecule has 0 aliphatic heterocycles. The Hall–Kier alpha value is -1.59. The van der Waals surface area contributed by atoms with Gasteiger partial charge in [-0.1, -0.05) is 19.1 Å². The minimum absolute atomic E-state index is 0.171. The molecule has 2 atom stereocenters. The quantitative estimate of drug-likeness (QED) is 0.792. The summed E-state index contributed by atoms with van der Waals surface area (Å²) in [5, 5.41) is 21.1. The minimum Gasteiger partial charge on any atom is -0.444 e. The third-order valence-electron chi connectivity index (χ3n) is 2.85. The van der Waals surface area contributed by atoms with Crippen molar-refractivity contribution in [1.82, 2.24) is 0 Å². The number of aliphatic hydroxyl groups is 2. The van der Waals surface area contributed by atoms with E-state index in [2.05, 4.69) is 5.32 Å². The number of ether oxygens (including phenoxy) is 1. The number of benzene rings is 1. The average Bonchev–Trinajstić information content (AvgIpc) is 2.35. The summed E-state index contributed by atoms with van der Waals surface area (Å²) in [4.78, 5) is 11.6. The van der Waals surface area contributed by atoms with Crippen molar-refractivity contribution in [3.05, 3.63) is 29.8 Å². The van der Waals surface area contributed by atoms with Gasteiger partial charge in [0, 0.05) is 11.6 Å². The first-order chi connectivity index (χ1) is 9.23. The van der Waals surface area contributed by atoms with E-state index in [1.807, 2.05) is 6.92 Å². The fourth-order valence-corrected chi connectivity index (χ4v) is 1.67. The van der Waals surface area contributed by atoms with E-state index in [-0.39, 0.29) is 12.5 Å². The molecular formula is C15H23NO4. The number of anilines is 1. The van der Waals surface area contributed by atoms with Crippen LogP contribution in [0.25, 0.3) is 0 Å². The molecule has 0 fully saturated rings. The molecule has 0 bridgehead atoms. The van der Waals surface area contributed by atoms with E-state index in [4.69, 9.17) is 9.84 Å². The molecule has 1 amide bonds. The topological polar surface area (TPSA) is 78.8 Å². The van der Waals surface area contributed by atoms with E-state index in [1.54, 1.807) is 45.0 Å². The van der Waals surface area contributed by atoms with Crippen LogP contribution in [0.4, 0.5) is 10.5 Å². The molecule has 5 heteroatoms.